The molecule has 14 nitrogen and oxygen atoms in total. The quantitative estimate of drug-likeness (QED) is 0.0204. The molecule has 0 aromatic rings. The van der Waals surface area contributed by atoms with Gasteiger partial charge in [0.2, 0.25) is 5.91 Å². The molecule has 83 heavy (non-hydrogen) atoms. The minimum Gasteiger partial charge on any atom is -0.394 e. The highest BCUT2D eigenvalue weighted by Crippen LogP contribution is 2.30. The van der Waals surface area contributed by atoms with E-state index in [0.29, 0.717) is 6.42 Å². The molecule has 12 atom stereocenters. The molecule has 0 aromatic carbocycles. The fourth-order valence-electron chi connectivity index (χ4n) is 10.3. The number of rotatable bonds is 52. The third-order valence-electron chi connectivity index (χ3n) is 15.5. The molecule has 2 aliphatic heterocycles. The van der Waals surface area contributed by atoms with E-state index in [4.69, 9.17) is 18.9 Å². The van der Waals surface area contributed by atoms with Crippen molar-refractivity contribution in [2.45, 2.75) is 312 Å². The summed E-state index contributed by atoms with van der Waals surface area (Å²) in [6.45, 7) is 2.69. The van der Waals surface area contributed by atoms with Gasteiger partial charge < -0.3 is 65.1 Å². The van der Waals surface area contributed by atoms with Crippen LogP contribution < -0.4 is 5.32 Å². The SMILES string of the molecule is CC/C=C\C/C=C\C/C=C\C/C=C\C/C=C\C/C=C\C/C=C\CCCCCCCCCC(=O)NC(COC1OC(CO)C(OC2OC(CO)C(O)C(O)C2O)C(O)C1O)C(O)/C=C/CCCCCCCCCCCCCCCCCCCC. The summed E-state index contributed by atoms with van der Waals surface area (Å²) < 4.78 is 22.8. The summed E-state index contributed by atoms with van der Waals surface area (Å²) in [6.07, 6.45) is 57.2. The van der Waals surface area contributed by atoms with Gasteiger partial charge in [-0.3, -0.25) is 4.79 Å². The lowest BCUT2D eigenvalue weighted by atomic mass is 9.97. The fourth-order valence-corrected chi connectivity index (χ4v) is 10.3. The van der Waals surface area contributed by atoms with Crippen molar-refractivity contribution < 1.29 is 64.6 Å². The molecular formula is C69H119NO13. The number of aliphatic hydroxyl groups is 8. The molecule has 2 fully saturated rings. The Morgan fingerprint density at radius 1 is 0.446 bits per heavy atom. The van der Waals surface area contributed by atoms with Crippen LogP contribution in [0.4, 0.5) is 0 Å². The maximum Gasteiger partial charge on any atom is 0.220 e. The van der Waals surface area contributed by atoms with Gasteiger partial charge in [-0.1, -0.05) is 252 Å². The maximum atomic E-state index is 13.3. The van der Waals surface area contributed by atoms with Crippen molar-refractivity contribution in [2.24, 2.45) is 0 Å². The van der Waals surface area contributed by atoms with Crippen LogP contribution in [-0.4, -0.2) is 140 Å². The molecule has 0 saturated carbocycles. The van der Waals surface area contributed by atoms with Crippen LogP contribution in [-0.2, 0) is 23.7 Å². The van der Waals surface area contributed by atoms with Gasteiger partial charge in [0.15, 0.2) is 12.6 Å². The lowest BCUT2D eigenvalue weighted by Crippen LogP contribution is -2.65. The number of hydrogen-bond acceptors (Lipinski definition) is 13. The summed E-state index contributed by atoms with van der Waals surface area (Å²) in [5.41, 5.74) is 0. The largest absolute Gasteiger partial charge is 0.394 e. The minimum absolute atomic E-state index is 0.253. The van der Waals surface area contributed by atoms with E-state index < -0.39 is 86.8 Å². The average molecular weight is 1170 g/mol. The van der Waals surface area contributed by atoms with Crippen LogP contribution in [0.2, 0.25) is 0 Å². The Labute approximate surface area is 503 Å². The second-order valence-electron chi connectivity index (χ2n) is 22.9. The van der Waals surface area contributed by atoms with Crippen molar-refractivity contribution in [1.29, 1.82) is 0 Å². The molecule has 0 radical (unpaired) electrons. The first kappa shape index (κ1) is 76.0. The Hall–Kier alpha value is -3.09. The molecule has 0 spiro atoms. The number of aliphatic hydroxyl groups excluding tert-OH is 8. The van der Waals surface area contributed by atoms with E-state index in [1.54, 1.807) is 6.08 Å². The van der Waals surface area contributed by atoms with Gasteiger partial charge >= 0.3 is 0 Å². The summed E-state index contributed by atoms with van der Waals surface area (Å²) in [5.74, 6) is -0.253. The molecule has 0 aromatic heterocycles. The first-order chi connectivity index (χ1) is 40.6. The van der Waals surface area contributed by atoms with Gasteiger partial charge in [-0.25, -0.2) is 0 Å². The van der Waals surface area contributed by atoms with E-state index in [1.165, 1.54) is 109 Å². The molecule has 2 heterocycles. The number of unbranched alkanes of at least 4 members (excludes halogenated alkanes) is 25. The van der Waals surface area contributed by atoms with Crippen molar-refractivity contribution in [3.8, 4) is 0 Å². The first-order valence-electron chi connectivity index (χ1n) is 33.0. The van der Waals surface area contributed by atoms with Gasteiger partial charge in [0.1, 0.15) is 48.8 Å². The minimum atomic E-state index is -1.79. The standard InChI is InChI=1S/C69H119NO13/c1-3-5-7-9-11-13-15-17-19-21-23-25-26-27-28-29-30-31-32-33-35-37-39-41-43-45-47-49-51-53-61(74)70-57(58(73)52-50-48-46-44-42-40-38-36-34-24-22-20-18-16-14-12-10-8-6-4-2)56-80-68-66(79)64(77)67(60(55-72)82-68)83-69-65(78)63(76)62(75)59(54-71)81-69/h5,7,11,13,17,19,23,25,27-28,30-31,33,35,50,52,57-60,62-69,71-73,75-79H,3-4,6,8-10,12,14-16,18,20-22,24,26,29,32,34,36-49,51,53-56H2,1-2H3,(H,70,74)/b7-5-,13-11-,19-17-,25-23-,28-27-,31-30-,35-33-,52-50+. The molecule has 9 N–H and O–H groups in total. The van der Waals surface area contributed by atoms with E-state index >= 15 is 0 Å². The lowest BCUT2D eigenvalue weighted by molar-refractivity contribution is -0.359. The Kier molecular flexibility index (Phi) is 48.7. The Bertz CT molecular complexity index is 1760. The van der Waals surface area contributed by atoms with E-state index in [1.807, 2.05) is 6.08 Å². The predicted octanol–water partition coefficient (Wildman–Crippen LogP) is 12.6. The van der Waals surface area contributed by atoms with Crippen molar-refractivity contribution in [3.63, 3.8) is 0 Å². The second-order valence-corrected chi connectivity index (χ2v) is 22.9. The zero-order chi connectivity index (χ0) is 60.2. The van der Waals surface area contributed by atoms with Crippen molar-refractivity contribution in [2.75, 3.05) is 19.8 Å². The van der Waals surface area contributed by atoms with Gasteiger partial charge in [0, 0.05) is 6.42 Å². The zero-order valence-electron chi connectivity index (χ0n) is 51.7. The molecule has 2 aliphatic rings. The summed E-state index contributed by atoms with van der Waals surface area (Å²) in [4.78, 5) is 13.3. The molecule has 2 rings (SSSR count). The summed E-state index contributed by atoms with van der Waals surface area (Å²) >= 11 is 0. The fraction of sp³-hybridized carbons (Fsp3) is 0.754. The van der Waals surface area contributed by atoms with Crippen LogP contribution in [0.1, 0.15) is 239 Å². The molecule has 2 saturated heterocycles. The number of nitrogens with one attached hydrogen (secondary N) is 1. The maximum absolute atomic E-state index is 13.3. The van der Waals surface area contributed by atoms with Crippen LogP contribution in [0.5, 0.6) is 0 Å². The number of hydrogen-bond donors (Lipinski definition) is 9. The normalized spacial score (nSPS) is 24.5. The Morgan fingerprint density at radius 3 is 1.28 bits per heavy atom. The number of allylic oxidation sites excluding steroid dienone is 15. The second kappa shape index (κ2) is 53.2. The lowest BCUT2D eigenvalue weighted by Gasteiger charge is -2.46. The van der Waals surface area contributed by atoms with E-state index in [0.717, 1.165) is 103 Å². The summed E-state index contributed by atoms with van der Waals surface area (Å²) in [7, 11) is 0. The Balaban J connectivity index is 1.73. The number of carbonyl (C=O) groups excluding carboxylic acids is 1. The predicted molar refractivity (Wildman–Crippen MR) is 336 cm³/mol. The number of carbonyl (C=O) groups is 1. The van der Waals surface area contributed by atoms with Crippen LogP contribution in [0.3, 0.4) is 0 Å². The highest BCUT2D eigenvalue weighted by Gasteiger charge is 2.51. The summed E-state index contributed by atoms with van der Waals surface area (Å²) in [5, 5.41) is 87.3. The zero-order valence-corrected chi connectivity index (χ0v) is 51.7. The Morgan fingerprint density at radius 2 is 0.831 bits per heavy atom. The third-order valence-corrected chi connectivity index (χ3v) is 15.5. The number of ether oxygens (including phenoxy) is 4. The molecule has 14 heteroatoms. The average Bonchev–Trinajstić information content (AvgIpc) is 3.65. The van der Waals surface area contributed by atoms with Crippen molar-refractivity contribution >= 4 is 5.91 Å². The van der Waals surface area contributed by atoms with Crippen LogP contribution in [0, 0.1) is 0 Å². The van der Waals surface area contributed by atoms with Gasteiger partial charge in [-0.2, -0.15) is 0 Å². The smallest absolute Gasteiger partial charge is 0.220 e. The van der Waals surface area contributed by atoms with Crippen LogP contribution >= 0.6 is 0 Å². The van der Waals surface area contributed by atoms with E-state index in [2.05, 4.69) is 104 Å². The van der Waals surface area contributed by atoms with Crippen LogP contribution in [0.25, 0.3) is 0 Å². The van der Waals surface area contributed by atoms with Gasteiger partial charge in [0.25, 0.3) is 0 Å². The topological polar surface area (TPSA) is 228 Å². The summed E-state index contributed by atoms with van der Waals surface area (Å²) in [6, 6.07) is -0.928. The highest BCUT2D eigenvalue weighted by molar-refractivity contribution is 5.76. The van der Waals surface area contributed by atoms with Crippen LogP contribution in [0.15, 0.2) is 97.2 Å². The molecule has 0 bridgehead atoms. The van der Waals surface area contributed by atoms with E-state index in [-0.39, 0.29) is 18.9 Å². The monoisotopic (exact) mass is 1170 g/mol. The first-order valence-corrected chi connectivity index (χ1v) is 33.0. The van der Waals surface area contributed by atoms with Gasteiger partial charge in [-0.05, 0) is 77.0 Å². The third kappa shape index (κ3) is 37.9. The molecule has 0 aliphatic carbocycles. The van der Waals surface area contributed by atoms with Crippen molar-refractivity contribution in [3.05, 3.63) is 97.2 Å². The molecule has 1 amide bonds. The van der Waals surface area contributed by atoms with E-state index in [9.17, 15) is 45.6 Å². The van der Waals surface area contributed by atoms with Crippen molar-refractivity contribution in [1.82, 2.24) is 5.32 Å². The van der Waals surface area contributed by atoms with Gasteiger partial charge in [0.05, 0.1) is 32.0 Å². The number of amides is 1. The molecular weight excluding hydrogens is 1050 g/mol. The molecule has 12 unspecified atom stereocenters. The highest BCUT2D eigenvalue weighted by atomic mass is 16.7. The molecule has 478 valence electrons. The van der Waals surface area contributed by atoms with Gasteiger partial charge in [-0.15, -0.1) is 0 Å².